The zero-order valence-electron chi connectivity index (χ0n) is 14.1. The van der Waals surface area contributed by atoms with Gasteiger partial charge in [0.15, 0.2) is 0 Å². The normalized spacial score (nSPS) is 13.2. The van der Waals surface area contributed by atoms with Gasteiger partial charge in [0.1, 0.15) is 11.4 Å². The molecule has 24 heavy (non-hydrogen) atoms. The van der Waals surface area contributed by atoms with Crippen LogP contribution in [0.15, 0.2) is 48.5 Å². The van der Waals surface area contributed by atoms with Crippen LogP contribution in [0.5, 0.6) is 5.75 Å². The van der Waals surface area contributed by atoms with Crippen LogP contribution in [0.3, 0.4) is 0 Å². The van der Waals surface area contributed by atoms with Crippen molar-refractivity contribution < 1.29 is 14.3 Å². The Hall–Kier alpha value is -2.04. The topological polar surface area (TPSA) is 47.6 Å². The van der Waals surface area contributed by atoms with Crippen LogP contribution in [-0.2, 0) is 10.3 Å². The lowest BCUT2D eigenvalue weighted by Gasteiger charge is -2.29. The van der Waals surface area contributed by atoms with E-state index >= 15 is 0 Å². The number of halogens is 1. The van der Waals surface area contributed by atoms with E-state index in [9.17, 15) is 4.79 Å². The minimum atomic E-state index is -0.679. The fraction of sp³-hybridized carbons (Fsp3) is 0.316. The van der Waals surface area contributed by atoms with Crippen molar-refractivity contribution in [2.24, 2.45) is 0 Å². The van der Waals surface area contributed by atoms with Crippen LogP contribution in [0, 0.1) is 0 Å². The molecule has 0 aliphatic carbocycles. The third kappa shape index (κ3) is 4.28. The number of nitrogens with one attached hydrogen (secondary N) is 1. The summed E-state index contributed by atoms with van der Waals surface area (Å²) in [6.45, 7) is 4.61. The lowest BCUT2D eigenvalue weighted by molar-refractivity contribution is 0.00313. The molecule has 0 fully saturated rings. The smallest absolute Gasteiger partial charge is 0.255 e. The lowest BCUT2D eigenvalue weighted by Crippen LogP contribution is -2.40. The molecule has 0 bridgehead atoms. The van der Waals surface area contributed by atoms with Crippen molar-refractivity contribution in [3.63, 3.8) is 0 Å². The van der Waals surface area contributed by atoms with Gasteiger partial charge in [-0.15, -0.1) is 0 Å². The average Bonchev–Trinajstić information content (AvgIpc) is 2.60. The standard InChI is InChI=1S/C19H22ClNO3/c1-4-24-17-11-6-5-10-16(17)18(22)21-13-19(2,23-3)14-8-7-9-15(20)12-14/h5-12H,4,13H2,1-3H3,(H,21,22). The van der Waals surface area contributed by atoms with E-state index in [1.165, 1.54) is 0 Å². The van der Waals surface area contributed by atoms with Crippen molar-refractivity contribution in [2.75, 3.05) is 20.3 Å². The van der Waals surface area contributed by atoms with E-state index in [1.807, 2.05) is 44.2 Å². The second kappa shape index (κ2) is 8.18. The number of ether oxygens (including phenoxy) is 2. The third-order valence-electron chi connectivity index (χ3n) is 3.90. The minimum Gasteiger partial charge on any atom is -0.493 e. The first-order chi connectivity index (χ1) is 11.5. The van der Waals surface area contributed by atoms with E-state index in [1.54, 1.807) is 25.3 Å². The van der Waals surface area contributed by atoms with E-state index in [4.69, 9.17) is 21.1 Å². The molecule has 1 N–H and O–H groups in total. The summed E-state index contributed by atoms with van der Waals surface area (Å²) in [6, 6.07) is 14.6. The van der Waals surface area contributed by atoms with E-state index in [-0.39, 0.29) is 5.91 Å². The van der Waals surface area contributed by atoms with Gasteiger partial charge in [-0.25, -0.2) is 0 Å². The molecule has 0 aliphatic rings. The van der Waals surface area contributed by atoms with Gasteiger partial charge in [-0.3, -0.25) is 4.79 Å². The second-order valence-electron chi connectivity index (χ2n) is 5.56. The molecule has 0 spiro atoms. The van der Waals surface area contributed by atoms with Crippen LogP contribution in [0.1, 0.15) is 29.8 Å². The van der Waals surface area contributed by atoms with Crippen molar-refractivity contribution in [3.05, 3.63) is 64.7 Å². The quantitative estimate of drug-likeness (QED) is 0.822. The average molecular weight is 348 g/mol. The van der Waals surface area contributed by atoms with Gasteiger partial charge < -0.3 is 14.8 Å². The summed E-state index contributed by atoms with van der Waals surface area (Å²) in [5.74, 6) is 0.365. The van der Waals surface area contributed by atoms with Gasteiger partial charge >= 0.3 is 0 Å². The molecule has 4 nitrogen and oxygen atoms in total. The van der Waals surface area contributed by atoms with Crippen LogP contribution in [0.25, 0.3) is 0 Å². The van der Waals surface area contributed by atoms with Gasteiger partial charge in [0.05, 0.1) is 18.7 Å². The molecule has 128 valence electrons. The van der Waals surface area contributed by atoms with E-state index in [2.05, 4.69) is 5.32 Å². The van der Waals surface area contributed by atoms with Gasteiger partial charge in [0.25, 0.3) is 5.91 Å². The van der Waals surface area contributed by atoms with Crippen molar-refractivity contribution in [3.8, 4) is 5.75 Å². The van der Waals surface area contributed by atoms with Gasteiger partial charge in [-0.05, 0) is 43.7 Å². The monoisotopic (exact) mass is 347 g/mol. The van der Waals surface area contributed by atoms with Crippen LogP contribution < -0.4 is 10.1 Å². The summed E-state index contributed by atoms with van der Waals surface area (Å²) in [5.41, 5.74) is 0.723. The number of methoxy groups -OCH3 is 1. The Morgan fingerprint density at radius 3 is 2.62 bits per heavy atom. The maximum Gasteiger partial charge on any atom is 0.255 e. The summed E-state index contributed by atoms with van der Waals surface area (Å²) in [5, 5.41) is 3.55. The molecule has 1 amide bonds. The molecule has 2 aromatic carbocycles. The minimum absolute atomic E-state index is 0.204. The molecule has 0 saturated carbocycles. The number of carbonyl (C=O) groups excluding carboxylic acids is 1. The molecule has 0 radical (unpaired) electrons. The first-order valence-electron chi connectivity index (χ1n) is 7.81. The summed E-state index contributed by atoms with van der Waals surface area (Å²) < 4.78 is 11.1. The Morgan fingerprint density at radius 1 is 1.21 bits per heavy atom. The van der Waals surface area contributed by atoms with Crippen molar-refractivity contribution in [1.82, 2.24) is 5.32 Å². The molecule has 1 unspecified atom stereocenters. The Labute approximate surface area is 147 Å². The van der Waals surface area contributed by atoms with Gasteiger partial charge in [0.2, 0.25) is 0 Å². The first kappa shape index (κ1) is 18.3. The molecule has 1 atom stereocenters. The van der Waals surface area contributed by atoms with Gasteiger partial charge in [0, 0.05) is 12.1 Å². The molecule has 2 rings (SSSR count). The maximum atomic E-state index is 12.5. The number of carbonyl (C=O) groups is 1. The molecule has 0 aromatic heterocycles. The molecule has 0 heterocycles. The molecule has 0 aliphatic heterocycles. The maximum absolute atomic E-state index is 12.5. The Kier molecular flexibility index (Phi) is 6.23. The molecule has 0 saturated heterocycles. The molecule has 2 aromatic rings. The van der Waals surface area contributed by atoms with Crippen LogP contribution in [0.4, 0.5) is 0 Å². The van der Waals surface area contributed by atoms with Gasteiger partial charge in [-0.2, -0.15) is 0 Å². The molecule has 5 heteroatoms. The summed E-state index contributed by atoms with van der Waals surface area (Å²) in [4.78, 5) is 12.5. The third-order valence-corrected chi connectivity index (χ3v) is 4.14. The number of rotatable bonds is 7. The first-order valence-corrected chi connectivity index (χ1v) is 8.19. The van der Waals surface area contributed by atoms with Crippen LogP contribution in [-0.4, -0.2) is 26.2 Å². The number of benzene rings is 2. The van der Waals surface area contributed by atoms with Crippen LogP contribution in [0.2, 0.25) is 5.02 Å². The largest absolute Gasteiger partial charge is 0.493 e. The fourth-order valence-corrected chi connectivity index (χ4v) is 2.58. The van der Waals surface area contributed by atoms with E-state index in [0.29, 0.717) is 29.5 Å². The molecular weight excluding hydrogens is 326 g/mol. The molecular formula is C19H22ClNO3. The zero-order valence-corrected chi connectivity index (χ0v) is 14.9. The Morgan fingerprint density at radius 2 is 1.96 bits per heavy atom. The van der Waals surface area contributed by atoms with Crippen molar-refractivity contribution >= 4 is 17.5 Å². The lowest BCUT2D eigenvalue weighted by atomic mass is 9.95. The predicted octanol–water partition coefficient (Wildman–Crippen LogP) is 4.03. The SMILES string of the molecule is CCOc1ccccc1C(=O)NCC(C)(OC)c1cccc(Cl)c1. The predicted molar refractivity (Wildman–Crippen MR) is 95.8 cm³/mol. The highest BCUT2D eigenvalue weighted by molar-refractivity contribution is 6.30. The van der Waals surface area contributed by atoms with Gasteiger partial charge in [-0.1, -0.05) is 35.9 Å². The summed E-state index contributed by atoms with van der Waals surface area (Å²) in [6.07, 6.45) is 0. The number of amides is 1. The summed E-state index contributed by atoms with van der Waals surface area (Å²) in [7, 11) is 1.61. The Balaban J connectivity index is 2.15. The van der Waals surface area contributed by atoms with E-state index < -0.39 is 5.60 Å². The van der Waals surface area contributed by atoms with Crippen LogP contribution >= 0.6 is 11.6 Å². The van der Waals surface area contributed by atoms with E-state index in [0.717, 1.165) is 5.56 Å². The number of para-hydroxylation sites is 1. The highest BCUT2D eigenvalue weighted by Gasteiger charge is 2.27. The number of hydrogen-bond donors (Lipinski definition) is 1. The Bertz CT molecular complexity index is 705. The summed E-state index contributed by atoms with van der Waals surface area (Å²) >= 11 is 6.06. The highest BCUT2D eigenvalue weighted by Crippen LogP contribution is 2.26. The van der Waals surface area contributed by atoms with Crippen molar-refractivity contribution in [1.29, 1.82) is 0 Å². The highest BCUT2D eigenvalue weighted by atomic mass is 35.5. The number of hydrogen-bond acceptors (Lipinski definition) is 3. The second-order valence-corrected chi connectivity index (χ2v) is 5.99. The fourth-order valence-electron chi connectivity index (χ4n) is 2.39. The van der Waals surface area contributed by atoms with Crippen molar-refractivity contribution in [2.45, 2.75) is 19.4 Å². The zero-order chi connectivity index (χ0) is 17.6.